The Kier molecular flexibility index (Phi) is 9.01. The zero-order chi connectivity index (χ0) is 26.5. The maximum absolute atomic E-state index is 13.3. The fourth-order valence-electron chi connectivity index (χ4n) is 3.03. The summed E-state index contributed by atoms with van der Waals surface area (Å²) in [5.74, 6) is 0.907. The van der Waals surface area contributed by atoms with E-state index in [1.54, 1.807) is 18.2 Å². The van der Waals surface area contributed by atoms with E-state index in [2.05, 4.69) is 15.1 Å². The Balaban J connectivity index is 1.94. The van der Waals surface area contributed by atoms with Crippen LogP contribution in [0.25, 0.3) is 5.69 Å². The van der Waals surface area contributed by atoms with E-state index in [4.69, 9.17) is 9.47 Å². The summed E-state index contributed by atoms with van der Waals surface area (Å²) in [6.07, 6.45) is -2.11. The number of halogens is 4. The number of benzene rings is 2. The fourth-order valence-corrected chi connectivity index (χ4v) is 5.75. The van der Waals surface area contributed by atoms with E-state index < -0.39 is 44.2 Å². The molecule has 198 valence electrons. The van der Waals surface area contributed by atoms with Crippen molar-refractivity contribution in [2.75, 3.05) is 26.1 Å². The average molecular weight is 644 g/mol. The first-order chi connectivity index (χ1) is 16.9. The van der Waals surface area contributed by atoms with Gasteiger partial charge in [0, 0.05) is 0 Å². The number of hydrogen-bond donors (Lipinski definition) is 4. The van der Waals surface area contributed by atoms with Gasteiger partial charge in [0.1, 0.15) is 0 Å². The minimum absolute atomic E-state index is 0.00694. The van der Waals surface area contributed by atoms with Crippen LogP contribution in [0.1, 0.15) is 5.56 Å². The van der Waals surface area contributed by atoms with E-state index in [1.807, 2.05) is 0 Å². The predicted molar refractivity (Wildman–Crippen MR) is 116 cm³/mol. The van der Waals surface area contributed by atoms with Crippen molar-refractivity contribution in [2.45, 2.75) is 17.6 Å². The van der Waals surface area contributed by atoms with E-state index in [9.17, 15) is 32.0 Å². The number of nitrogens with zero attached hydrogens (tertiary/aromatic N) is 3. The number of ether oxygens (including phenoxy) is 2. The first-order valence-electron chi connectivity index (χ1n) is 9.95. The molecular weight excluding hydrogens is 622 g/mol. The van der Waals surface area contributed by atoms with Gasteiger partial charge in [-0.25, -0.2) is 0 Å². The molecule has 0 spiro atoms. The summed E-state index contributed by atoms with van der Waals surface area (Å²) >= 11 is -1.51. The van der Waals surface area contributed by atoms with E-state index in [1.165, 1.54) is 38.6 Å². The Labute approximate surface area is 215 Å². The Morgan fingerprint density at radius 1 is 1.14 bits per heavy atom. The van der Waals surface area contributed by atoms with Gasteiger partial charge in [-0.1, -0.05) is 0 Å². The molecule has 0 atom stereocenters. The van der Waals surface area contributed by atoms with Crippen molar-refractivity contribution < 1.29 is 63.0 Å². The van der Waals surface area contributed by atoms with Crippen molar-refractivity contribution in [1.82, 2.24) is 17.9 Å². The molecule has 0 unspecified atom stereocenters. The molecule has 3 aromatic rings. The molecule has 0 amide bonds. The number of methoxy groups -OCH3 is 2. The molecule has 1 heterocycles. The summed E-state index contributed by atoms with van der Waals surface area (Å²) in [4.78, 5) is -0.264. The summed E-state index contributed by atoms with van der Waals surface area (Å²) < 4.78 is 78.5. The molecular formula is C20H22F3IN5O6S-. The molecule has 0 radical (unpaired) electrons. The normalized spacial score (nSPS) is 12.2. The van der Waals surface area contributed by atoms with E-state index in [0.717, 1.165) is 10.9 Å². The number of alkyl halides is 3. The van der Waals surface area contributed by atoms with Crippen LogP contribution in [-0.2, 0) is 16.6 Å². The van der Waals surface area contributed by atoms with Gasteiger partial charge >= 0.3 is 215 Å². The van der Waals surface area contributed by atoms with E-state index in [0.29, 0.717) is 20.6 Å². The van der Waals surface area contributed by atoms with E-state index >= 15 is 0 Å². The Hall–Kier alpha value is -2.64. The second kappa shape index (κ2) is 11.6. The standard InChI is InChI=1S/C20H22F3IN5O6S/c1-34-16-5-3-13(18(8-16)35-2)9-27-36(32,33)19-7-14(24-29(30)31)4-6-17(19)28-11-15(10-26-28)25-12-20(21,22)23/h3-8,10-11,25,27,30-31H,9,12H2,1-2H3/q-1. The van der Waals surface area contributed by atoms with Gasteiger partial charge in [-0.15, -0.1) is 0 Å². The van der Waals surface area contributed by atoms with Gasteiger partial charge in [0.05, 0.1) is 0 Å². The quantitative estimate of drug-likeness (QED) is 0.125. The third kappa shape index (κ3) is 7.43. The van der Waals surface area contributed by atoms with Crippen LogP contribution < -0.4 is 41.0 Å². The molecule has 0 aliphatic carbocycles. The number of anilines is 1. The molecule has 0 saturated carbocycles. The number of aromatic nitrogens is 2. The first-order valence-corrected chi connectivity index (χ1v) is 13.5. The second-order valence-corrected chi connectivity index (χ2v) is 11.4. The van der Waals surface area contributed by atoms with Crippen LogP contribution in [0.5, 0.6) is 11.5 Å². The van der Waals surface area contributed by atoms with Crippen LogP contribution in [0.2, 0.25) is 0 Å². The minimum atomic E-state index is -4.45. The van der Waals surface area contributed by atoms with Crippen LogP contribution in [-0.4, -0.2) is 59.0 Å². The van der Waals surface area contributed by atoms with Gasteiger partial charge in [0.2, 0.25) is 0 Å². The molecule has 0 bridgehead atoms. The van der Waals surface area contributed by atoms with Crippen LogP contribution in [0.15, 0.2) is 53.7 Å². The molecule has 0 aliphatic heterocycles. The van der Waals surface area contributed by atoms with Crippen molar-refractivity contribution in [2.24, 2.45) is 0 Å². The number of sulfonamides is 1. The van der Waals surface area contributed by atoms with Crippen molar-refractivity contribution in [3.05, 3.63) is 57.9 Å². The zero-order valence-electron chi connectivity index (χ0n) is 18.8. The number of nitrogens with one attached hydrogen (secondary N) is 2. The first kappa shape index (κ1) is 27.9. The third-order valence-electron chi connectivity index (χ3n) is 4.65. The molecule has 16 heteroatoms. The van der Waals surface area contributed by atoms with Gasteiger partial charge < -0.3 is 0 Å². The number of rotatable bonds is 11. The Bertz CT molecular complexity index is 1300. The summed E-state index contributed by atoms with van der Waals surface area (Å²) in [5, 5.41) is 24.5. The molecule has 3 rings (SSSR count). The molecule has 0 aliphatic rings. The van der Waals surface area contributed by atoms with Crippen molar-refractivity contribution in [3.8, 4) is 17.2 Å². The van der Waals surface area contributed by atoms with Gasteiger partial charge in [-0.2, -0.15) is 0 Å². The van der Waals surface area contributed by atoms with Gasteiger partial charge in [-0.3, -0.25) is 0 Å². The van der Waals surface area contributed by atoms with Crippen LogP contribution >= 0.6 is 0 Å². The molecule has 2 aromatic carbocycles. The van der Waals surface area contributed by atoms with Crippen molar-refractivity contribution >= 4 is 15.7 Å². The molecule has 0 saturated heterocycles. The molecule has 4 N–H and O–H groups in total. The maximum atomic E-state index is 13.3. The molecule has 1 aromatic heterocycles. The summed E-state index contributed by atoms with van der Waals surface area (Å²) in [6, 6.07) is 8.96. The van der Waals surface area contributed by atoms with E-state index in [-0.39, 0.29) is 26.3 Å². The van der Waals surface area contributed by atoms with Gasteiger partial charge in [0.25, 0.3) is 0 Å². The zero-order valence-corrected chi connectivity index (χ0v) is 21.8. The van der Waals surface area contributed by atoms with Crippen LogP contribution in [0.3, 0.4) is 0 Å². The predicted octanol–water partition coefficient (Wildman–Crippen LogP) is -0.404. The van der Waals surface area contributed by atoms with Crippen molar-refractivity contribution in [3.63, 3.8) is 0 Å². The summed E-state index contributed by atoms with van der Waals surface area (Å²) in [5.41, 5.74) is 0.584. The Morgan fingerprint density at radius 2 is 1.89 bits per heavy atom. The second-order valence-electron chi connectivity index (χ2n) is 7.08. The monoisotopic (exact) mass is 644 g/mol. The van der Waals surface area contributed by atoms with Gasteiger partial charge in [-0.05, 0) is 0 Å². The average Bonchev–Trinajstić information content (AvgIpc) is 3.29. The number of hydrogen-bond acceptors (Lipinski definition) is 9. The van der Waals surface area contributed by atoms with Crippen LogP contribution in [0.4, 0.5) is 18.9 Å². The van der Waals surface area contributed by atoms with Gasteiger partial charge in [0.15, 0.2) is 0 Å². The molecule has 36 heavy (non-hydrogen) atoms. The fraction of sp³-hybridized carbons (Fsp3) is 0.250. The topological polar surface area (TPSA) is 138 Å². The summed E-state index contributed by atoms with van der Waals surface area (Å²) in [6.45, 7) is -1.45. The SMILES string of the molecule is COc1ccc(CNS(=O)(=O)c2cc([I-]N(O)O)ccc2-n2cc(NCC(F)(F)F)cn2)c(OC)c1. The molecule has 0 fully saturated rings. The molecule has 11 nitrogen and oxygen atoms in total. The summed E-state index contributed by atoms with van der Waals surface area (Å²) in [7, 11) is -1.32. The van der Waals surface area contributed by atoms with Crippen LogP contribution in [0, 0.1) is 3.57 Å². The third-order valence-corrected chi connectivity index (χ3v) is 7.74. The van der Waals surface area contributed by atoms with Crippen molar-refractivity contribution in [1.29, 1.82) is 0 Å². The Morgan fingerprint density at radius 3 is 2.53 bits per heavy atom.